The third kappa shape index (κ3) is 3.74. The molecule has 2 aromatic rings. The molecule has 0 aliphatic heterocycles. The summed E-state index contributed by atoms with van der Waals surface area (Å²) in [6.07, 6.45) is -3.25. The van der Waals surface area contributed by atoms with Gasteiger partial charge in [0, 0.05) is 6.54 Å². The molecular weight excluding hydrogens is 299 g/mol. The maximum Gasteiger partial charge on any atom is 0.416 e. The van der Waals surface area contributed by atoms with Crippen molar-refractivity contribution in [3.05, 3.63) is 47.5 Å². The number of hydrogen-bond donors (Lipinski definition) is 3. The van der Waals surface area contributed by atoms with Crippen LogP contribution < -0.4 is 10.6 Å². The molecule has 1 aromatic carbocycles. The Bertz CT molecular complexity index is 627. The molecule has 9 heteroatoms. The standard InChI is InChI=1S/C13H14F3N5O/c1-2-17-12(22)20-10(11-18-7-19-21-11)8-4-3-5-9(6-8)13(14,15)16/h3-7,10H,2H2,1H3,(H2,17,20,22)(H,18,19,21). The molecule has 0 aliphatic rings. The molecule has 1 atom stereocenters. The number of nitrogens with zero attached hydrogens (tertiary/aromatic N) is 2. The van der Waals surface area contributed by atoms with Crippen LogP contribution in [0.2, 0.25) is 0 Å². The number of alkyl halides is 3. The van der Waals surface area contributed by atoms with Crippen LogP contribution in [0.1, 0.15) is 29.9 Å². The fraction of sp³-hybridized carbons (Fsp3) is 0.308. The zero-order valence-corrected chi connectivity index (χ0v) is 11.6. The molecule has 118 valence electrons. The van der Waals surface area contributed by atoms with E-state index in [0.29, 0.717) is 6.54 Å². The Kier molecular flexibility index (Phi) is 4.64. The van der Waals surface area contributed by atoms with Crippen molar-refractivity contribution >= 4 is 6.03 Å². The summed E-state index contributed by atoms with van der Waals surface area (Å²) in [4.78, 5) is 15.6. The number of rotatable bonds is 4. The molecule has 0 bridgehead atoms. The predicted octanol–water partition coefficient (Wildman–Crippen LogP) is 2.23. The lowest BCUT2D eigenvalue weighted by Crippen LogP contribution is -2.38. The molecular formula is C13H14F3N5O. The molecule has 0 radical (unpaired) electrons. The molecule has 2 amide bonds. The summed E-state index contributed by atoms with van der Waals surface area (Å²) >= 11 is 0. The highest BCUT2D eigenvalue weighted by Crippen LogP contribution is 2.31. The maximum absolute atomic E-state index is 12.8. The first-order chi connectivity index (χ1) is 10.4. The lowest BCUT2D eigenvalue weighted by atomic mass is 10.0. The first kappa shape index (κ1) is 15.8. The van der Waals surface area contributed by atoms with Crippen molar-refractivity contribution in [2.24, 2.45) is 0 Å². The average molecular weight is 313 g/mol. The molecule has 0 fully saturated rings. The lowest BCUT2D eigenvalue weighted by Gasteiger charge is -2.18. The van der Waals surface area contributed by atoms with Crippen LogP contribution in [0.25, 0.3) is 0 Å². The first-order valence-electron chi connectivity index (χ1n) is 6.48. The van der Waals surface area contributed by atoms with Crippen molar-refractivity contribution in [1.29, 1.82) is 0 Å². The van der Waals surface area contributed by atoms with Crippen LogP contribution in [-0.4, -0.2) is 27.8 Å². The van der Waals surface area contributed by atoms with Crippen LogP contribution in [-0.2, 0) is 6.18 Å². The van der Waals surface area contributed by atoms with Gasteiger partial charge in [-0.15, -0.1) is 0 Å². The largest absolute Gasteiger partial charge is 0.416 e. The van der Waals surface area contributed by atoms with E-state index in [9.17, 15) is 18.0 Å². The maximum atomic E-state index is 12.8. The normalized spacial score (nSPS) is 12.7. The molecule has 0 saturated heterocycles. The topological polar surface area (TPSA) is 82.7 Å². The number of H-pyrrole nitrogens is 1. The number of nitrogens with one attached hydrogen (secondary N) is 3. The second-order valence-electron chi connectivity index (χ2n) is 4.43. The highest BCUT2D eigenvalue weighted by atomic mass is 19.4. The molecule has 22 heavy (non-hydrogen) atoms. The summed E-state index contributed by atoms with van der Waals surface area (Å²) in [6.45, 7) is 2.12. The quantitative estimate of drug-likeness (QED) is 0.809. The number of halogens is 3. The average Bonchev–Trinajstić information content (AvgIpc) is 2.98. The van der Waals surface area contributed by atoms with Gasteiger partial charge >= 0.3 is 12.2 Å². The van der Waals surface area contributed by atoms with Crippen LogP contribution in [0.3, 0.4) is 0 Å². The summed E-state index contributed by atoms with van der Waals surface area (Å²) in [7, 11) is 0. The summed E-state index contributed by atoms with van der Waals surface area (Å²) in [6, 6.07) is 3.32. The number of aromatic amines is 1. The van der Waals surface area contributed by atoms with Crippen LogP contribution in [0.15, 0.2) is 30.6 Å². The van der Waals surface area contributed by atoms with Crippen molar-refractivity contribution in [1.82, 2.24) is 25.8 Å². The molecule has 0 spiro atoms. The zero-order valence-electron chi connectivity index (χ0n) is 11.6. The van der Waals surface area contributed by atoms with E-state index in [2.05, 4.69) is 25.8 Å². The van der Waals surface area contributed by atoms with Gasteiger partial charge < -0.3 is 10.6 Å². The highest BCUT2D eigenvalue weighted by molar-refractivity contribution is 5.74. The SMILES string of the molecule is CCNC(=O)NC(c1cccc(C(F)(F)F)c1)c1ncn[nH]1. The fourth-order valence-corrected chi connectivity index (χ4v) is 1.90. The first-order valence-corrected chi connectivity index (χ1v) is 6.48. The smallest absolute Gasteiger partial charge is 0.338 e. The van der Waals surface area contributed by atoms with Crippen LogP contribution >= 0.6 is 0 Å². The number of benzene rings is 1. The van der Waals surface area contributed by atoms with E-state index < -0.39 is 23.8 Å². The number of amides is 2. The number of carbonyl (C=O) groups is 1. The zero-order chi connectivity index (χ0) is 16.2. The summed E-state index contributed by atoms with van der Waals surface area (Å²) < 4.78 is 38.5. The Hall–Kier alpha value is -2.58. The second-order valence-corrected chi connectivity index (χ2v) is 4.43. The van der Waals surface area contributed by atoms with Crippen molar-refractivity contribution in [2.75, 3.05) is 6.54 Å². The van der Waals surface area contributed by atoms with Gasteiger partial charge in [0.05, 0.1) is 5.56 Å². The Morgan fingerprint density at radius 3 is 2.77 bits per heavy atom. The van der Waals surface area contributed by atoms with Crippen LogP contribution in [0.5, 0.6) is 0 Å². The Morgan fingerprint density at radius 2 is 2.18 bits per heavy atom. The molecule has 1 unspecified atom stereocenters. The third-order valence-corrected chi connectivity index (χ3v) is 2.87. The van der Waals surface area contributed by atoms with Gasteiger partial charge in [0.1, 0.15) is 12.4 Å². The van der Waals surface area contributed by atoms with Crippen molar-refractivity contribution in [2.45, 2.75) is 19.1 Å². The molecule has 3 N–H and O–H groups in total. The van der Waals surface area contributed by atoms with Gasteiger partial charge in [0.15, 0.2) is 5.82 Å². The van der Waals surface area contributed by atoms with E-state index in [1.54, 1.807) is 6.92 Å². The number of aromatic nitrogens is 3. The molecule has 1 heterocycles. The van der Waals surface area contributed by atoms with E-state index in [1.807, 2.05) is 0 Å². The molecule has 6 nitrogen and oxygen atoms in total. The third-order valence-electron chi connectivity index (χ3n) is 2.87. The summed E-state index contributed by atoms with van der Waals surface area (Å²) in [5.74, 6) is 0.241. The predicted molar refractivity (Wildman–Crippen MR) is 71.9 cm³/mol. The Balaban J connectivity index is 2.35. The van der Waals surface area contributed by atoms with Gasteiger partial charge in [-0.25, -0.2) is 9.78 Å². The monoisotopic (exact) mass is 313 g/mol. The van der Waals surface area contributed by atoms with Gasteiger partial charge in [-0.1, -0.05) is 12.1 Å². The molecule has 0 aliphatic carbocycles. The number of urea groups is 1. The number of carbonyl (C=O) groups excluding carboxylic acids is 1. The lowest BCUT2D eigenvalue weighted by molar-refractivity contribution is -0.137. The number of hydrogen-bond acceptors (Lipinski definition) is 3. The van der Waals surface area contributed by atoms with Crippen LogP contribution in [0, 0.1) is 0 Å². The summed E-state index contributed by atoms with van der Waals surface area (Å²) in [5, 5.41) is 11.3. The molecule has 1 aromatic heterocycles. The van der Waals surface area contributed by atoms with Crippen molar-refractivity contribution in [3.8, 4) is 0 Å². The van der Waals surface area contributed by atoms with Gasteiger partial charge in [0.2, 0.25) is 0 Å². The van der Waals surface area contributed by atoms with Gasteiger partial charge in [-0.2, -0.15) is 18.3 Å². The van der Waals surface area contributed by atoms with E-state index in [4.69, 9.17) is 0 Å². The van der Waals surface area contributed by atoms with Gasteiger partial charge in [0.25, 0.3) is 0 Å². The molecule has 0 saturated carbocycles. The molecule has 2 rings (SSSR count). The minimum absolute atomic E-state index is 0.241. The Morgan fingerprint density at radius 1 is 1.41 bits per heavy atom. The Labute approximate surface area is 124 Å². The van der Waals surface area contributed by atoms with E-state index in [-0.39, 0.29) is 11.4 Å². The fourth-order valence-electron chi connectivity index (χ4n) is 1.90. The second kappa shape index (κ2) is 6.46. The summed E-state index contributed by atoms with van der Waals surface area (Å²) in [5.41, 5.74) is -0.551. The van der Waals surface area contributed by atoms with E-state index >= 15 is 0 Å². The highest BCUT2D eigenvalue weighted by Gasteiger charge is 2.31. The van der Waals surface area contributed by atoms with E-state index in [0.717, 1.165) is 12.1 Å². The van der Waals surface area contributed by atoms with Crippen LogP contribution in [0.4, 0.5) is 18.0 Å². The minimum atomic E-state index is -4.46. The van der Waals surface area contributed by atoms with E-state index in [1.165, 1.54) is 18.5 Å². The van der Waals surface area contributed by atoms with Gasteiger partial charge in [-0.05, 0) is 24.6 Å². The van der Waals surface area contributed by atoms with Crippen molar-refractivity contribution in [3.63, 3.8) is 0 Å². The van der Waals surface area contributed by atoms with Crippen molar-refractivity contribution < 1.29 is 18.0 Å². The minimum Gasteiger partial charge on any atom is -0.338 e. The van der Waals surface area contributed by atoms with Gasteiger partial charge in [-0.3, -0.25) is 5.10 Å².